The Hall–Kier alpha value is -3.35. The maximum Gasteiger partial charge on any atom is 0.411 e. The van der Waals surface area contributed by atoms with E-state index in [1.807, 2.05) is 78.6 Å². The van der Waals surface area contributed by atoms with Crippen LogP contribution in [0, 0.1) is 0 Å². The number of ether oxygens (including phenoxy) is 3. The van der Waals surface area contributed by atoms with Crippen molar-refractivity contribution >= 4 is 6.09 Å². The van der Waals surface area contributed by atoms with Gasteiger partial charge in [0.2, 0.25) is 0 Å². The van der Waals surface area contributed by atoms with Gasteiger partial charge in [0.15, 0.2) is 0 Å². The van der Waals surface area contributed by atoms with Crippen molar-refractivity contribution in [3.63, 3.8) is 0 Å². The zero-order valence-corrected chi connectivity index (χ0v) is 24.4. The average molecular weight is 546 g/mol. The number of amides is 1. The first-order chi connectivity index (χ1) is 19.1. The number of benzene rings is 3. The lowest BCUT2D eigenvalue weighted by atomic mass is 9.81. The Kier molecular flexibility index (Phi) is 9.54. The molecule has 3 atom stereocenters. The fourth-order valence-corrected chi connectivity index (χ4v) is 5.72. The summed E-state index contributed by atoms with van der Waals surface area (Å²) in [7, 11) is 1.66. The second-order valence-electron chi connectivity index (χ2n) is 11.6. The van der Waals surface area contributed by atoms with Crippen LogP contribution in [0.15, 0.2) is 78.9 Å². The number of carbonyl (C=O) groups is 1. The molecular weight excluding hydrogens is 502 g/mol. The standard InChI is InChI=1S/C34H43NO5/c1-25-22-34(30-10-7-6-8-11-30,20-9-21-39-24-28-14-18-31(38-5)19-15-28)40-32(36)35(25)26(2)29-16-12-27(13-17-29)23-33(3,4)37/h6-8,10-19,25-26,37H,9,20-24H2,1-5H3/t25-,26+,34?/m1/s1. The highest BCUT2D eigenvalue weighted by atomic mass is 16.6. The summed E-state index contributed by atoms with van der Waals surface area (Å²) in [6, 6.07) is 26.0. The maximum absolute atomic E-state index is 13.6. The van der Waals surface area contributed by atoms with Crippen LogP contribution in [0.3, 0.4) is 0 Å². The van der Waals surface area contributed by atoms with Gasteiger partial charge in [0.1, 0.15) is 11.4 Å². The number of rotatable bonds is 12. The molecule has 214 valence electrons. The largest absolute Gasteiger partial charge is 0.497 e. The molecule has 4 rings (SSSR count). The molecular formula is C34H43NO5. The lowest BCUT2D eigenvalue weighted by molar-refractivity contribution is -0.0879. The van der Waals surface area contributed by atoms with Crippen LogP contribution in [0.25, 0.3) is 0 Å². The summed E-state index contributed by atoms with van der Waals surface area (Å²) in [5.41, 5.74) is 2.76. The molecule has 0 aliphatic carbocycles. The van der Waals surface area contributed by atoms with Gasteiger partial charge in [0.05, 0.1) is 25.4 Å². The number of carbonyl (C=O) groups excluding carboxylic acids is 1. The molecule has 1 aliphatic heterocycles. The van der Waals surface area contributed by atoms with Gasteiger partial charge >= 0.3 is 6.09 Å². The third kappa shape index (κ3) is 7.43. The van der Waals surface area contributed by atoms with Crippen LogP contribution in [0.2, 0.25) is 0 Å². The van der Waals surface area contributed by atoms with E-state index >= 15 is 0 Å². The fourth-order valence-electron chi connectivity index (χ4n) is 5.72. The SMILES string of the molecule is COc1ccc(COCCCC2(c3ccccc3)C[C@@H](C)N([C@@H](C)c3ccc(CC(C)(C)O)cc3)C(=O)O2)cc1. The van der Waals surface area contributed by atoms with Crippen molar-refractivity contribution in [3.05, 3.63) is 101 Å². The highest BCUT2D eigenvalue weighted by Crippen LogP contribution is 2.43. The van der Waals surface area contributed by atoms with Crippen molar-refractivity contribution < 1.29 is 24.1 Å². The summed E-state index contributed by atoms with van der Waals surface area (Å²) in [5, 5.41) is 10.1. The predicted molar refractivity (Wildman–Crippen MR) is 157 cm³/mol. The van der Waals surface area contributed by atoms with E-state index in [1.54, 1.807) is 21.0 Å². The number of methoxy groups -OCH3 is 1. The number of hydrogen-bond acceptors (Lipinski definition) is 5. The molecule has 1 saturated heterocycles. The summed E-state index contributed by atoms with van der Waals surface area (Å²) >= 11 is 0. The van der Waals surface area contributed by atoms with Gasteiger partial charge in [-0.15, -0.1) is 0 Å². The topological polar surface area (TPSA) is 68.2 Å². The minimum atomic E-state index is -0.764. The van der Waals surface area contributed by atoms with Crippen LogP contribution < -0.4 is 4.74 Å². The van der Waals surface area contributed by atoms with Crippen LogP contribution >= 0.6 is 0 Å². The lowest BCUT2D eigenvalue weighted by Crippen LogP contribution is -2.53. The van der Waals surface area contributed by atoms with E-state index in [1.165, 1.54) is 0 Å². The Morgan fingerprint density at radius 1 is 1.02 bits per heavy atom. The van der Waals surface area contributed by atoms with E-state index in [0.29, 0.717) is 32.5 Å². The molecule has 1 unspecified atom stereocenters. The van der Waals surface area contributed by atoms with Crippen LogP contribution in [0.5, 0.6) is 5.75 Å². The van der Waals surface area contributed by atoms with Gasteiger partial charge in [-0.1, -0.05) is 66.7 Å². The van der Waals surface area contributed by atoms with Crippen molar-refractivity contribution in [2.24, 2.45) is 0 Å². The highest BCUT2D eigenvalue weighted by Gasteiger charge is 2.46. The van der Waals surface area contributed by atoms with E-state index in [-0.39, 0.29) is 18.2 Å². The van der Waals surface area contributed by atoms with E-state index in [9.17, 15) is 9.90 Å². The molecule has 1 fully saturated rings. The van der Waals surface area contributed by atoms with Gasteiger partial charge in [-0.05, 0) is 74.9 Å². The summed E-state index contributed by atoms with van der Waals surface area (Å²) < 4.78 is 17.5. The van der Waals surface area contributed by atoms with Gasteiger partial charge in [-0.3, -0.25) is 4.90 Å². The summed E-state index contributed by atoms with van der Waals surface area (Å²) in [4.78, 5) is 15.5. The number of nitrogens with zero attached hydrogens (tertiary/aromatic N) is 1. The van der Waals surface area contributed by atoms with Gasteiger partial charge in [0, 0.05) is 25.5 Å². The molecule has 1 heterocycles. The quantitative estimate of drug-likeness (QED) is 0.244. The normalized spacial score (nSPS) is 20.2. The third-order valence-corrected chi connectivity index (χ3v) is 7.71. The van der Waals surface area contributed by atoms with E-state index in [2.05, 4.69) is 19.1 Å². The van der Waals surface area contributed by atoms with Crippen molar-refractivity contribution in [1.82, 2.24) is 4.90 Å². The van der Waals surface area contributed by atoms with Crippen molar-refractivity contribution in [1.29, 1.82) is 0 Å². The molecule has 6 heteroatoms. The van der Waals surface area contributed by atoms with Crippen molar-refractivity contribution in [2.75, 3.05) is 13.7 Å². The Labute approximate surface area is 238 Å². The molecule has 0 aromatic heterocycles. The number of cyclic esters (lactones) is 1. The zero-order chi connectivity index (χ0) is 28.8. The Morgan fingerprint density at radius 3 is 2.27 bits per heavy atom. The molecule has 1 aliphatic rings. The summed E-state index contributed by atoms with van der Waals surface area (Å²) in [5.74, 6) is 0.827. The Balaban J connectivity index is 1.42. The molecule has 0 spiro atoms. The molecule has 0 saturated carbocycles. The maximum atomic E-state index is 13.6. The molecule has 3 aromatic rings. The smallest absolute Gasteiger partial charge is 0.411 e. The molecule has 0 bridgehead atoms. The van der Waals surface area contributed by atoms with Crippen molar-refractivity contribution in [3.8, 4) is 5.75 Å². The van der Waals surface area contributed by atoms with Gasteiger partial charge in [-0.2, -0.15) is 0 Å². The first kappa shape index (κ1) is 29.6. The molecule has 6 nitrogen and oxygen atoms in total. The Bertz CT molecular complexity index is 1220. The number of aliphatic hydroxyl groups is 1. The van der Waals surface area contributed by atoms with Crippen LogP contribution in [-0.4, -0.2) is 41.5 Å². The van der Waals surface area contributed by atoms with Crippen molar-refractivity contribution in [2.45, 2.75) is 83.3 Å². The summed E-state index contributed by atoms with van der Waals surface area (Å²) in [6.07, 6.45) is 2.43. The van der Waals surface area contributed by atoms with Gasteiger partial charge in [0.25, 0.3) is 0 Å². The average Bonchev–Trinajstić information content (AvgIpc) is 2.93. The van der Waals surface area contributed by atoms with E-state index < -0.39 is 11.2 Å². The van der Waals surface area contributed by atoms with E-state index in [0.717, 1.165) is 34.4 Å². The first-order valence-corrected chi connectivity index (χ1v) is 14.2. The predicted octanol–water partition coefficient (Wildman–Crippen LogP) is 7.19. The minimum absolute atomic E-state index is 0.0206. The van der Waals surface area contributed by atoms with Gasteiger partial charge < -0.3 is 19.3 Å². The zero-order valence-electron chi connectivity index (χ0n) is 24.4. The van der Waals surface area contributed by atoms with Gasteiger partial charge in [-0.25, -0.2) is 4.79 Å². The second kappa shape index (κ2) is 12.9. The fraction of sp³-hybridized carbons (Fsp3) is 0.441. The highest BCUT2D eigenvalue weighted by molar-refractivity contribution is 5.70. The molecule has 0 radical (unpaired) electrons. The first-order valence-electron chi connectivity index (χ1n) is 14.2. The number of hydrogen-bond donors (Lipinski definition) is 1. The molecule has 3 aromatic carbocycles. The molecule has 1 N–H and O–H groups in total. The molecule has 40 heavy (non-hydrogen) atoms. The van der Waals surface area contributed by atoms with Crippen LogP contribution in [0.1, 0.15) is 75.3 Å². The Morgan fingerprint density at radius 2 is 1.68 bits per heavy atom. The summed E-state index contributed by atoms with van der Waals surface area (Å²) in [6.45, 7) is 8.87. The van der Waals surface area contributed by atoms with E-state index in [4.69, 9.17) is 14.2 Å². The van der Waals surface area contributed by atoms with Crippen LogP contribution in [0.4, 0.5) is 4.79 Å². The second-order valence-corrected chi connectivity index (χ2v) is 11.6. The minimum Gasteiger partial charge on any atom is -0.497 e. The molecule has 1 amide bonds. The lowest BCUT2D eigenvalue weighted by Gasteiger charge is -2.47. The third-order valence-electron chi connectivity index (χ3n) is 7.71. The van der Waals surface area contributed by atoms with Crippen LogP contribution in [-0.2, 0) is 28.1 Å². The monoisotopic (exact) mass is 545 g/mol.